The normalized spacial score (nSPS) is 23.0. The van der Waals surface area contributed by atoms with Crippen LogP contribution in [0.2, 0.25) is 0 Å². The van der Waals surface area contributed by atoms with Gasteiger partial charge in [0.25, 0.3) is 0 Å². The zero-order valence-corrected chi connectivity index (χ0v) is 13.5. The number of nitrogens with one attached hydrogen (secondary N) is 2. The van der Waals surface area contributed by atoms with E-state index >= 15 is 0 Å². The molecule has 1 aromatic rings. The van der Waals surface area contributed by atoms with Crippen molar-refractivity contribution in [1.29, 1.82) is 0 Å². The summed E-state index contributed by atoms with van der Waals surface area (Å²) in [6, 6.07) is 10.1. The molecule has 0 spiro atoms. The lowest BCUT2D eigenvalue weighted by molar-refractivity contribution is 0.334. The van der Waals surface area contributed by atoms with Crippen LogP contribution >= 0.6 is 15.9 Å². The lowest BCUT2D eigenvalue weighted by Gasteiger charge is -2.28. The molecule has 2 unspecified atom stereocenters. The molecule has 0 bridgehead atoms. The second-order valence-electron chi connectivity index (χ2n) is 5.69. The van der Waals surface area contributed by atoms with Crippen LogP contribution in [0.4, 0.5) is 0 Å². The maximum Gasteiger partial charge on any atom is 0.0305 e. The van der Waals surface area contributed by atoms with Crippen molar-refractivity contribution < 1.29 is 0 Å². The van der Waals surface area contributed by atoms with E-state index in [0.29, 0.717) is 18.1 Å². The third kappa shape index (κ3) is 4.59. The molecule has 1 aliphatic heterocycles. The highest BCUT2D eigenvalue weighted by Crippen LogP contribution is 2.23. The molecule has 1 aliphatic rings. The van der Waals surface area contributed by atoms with Crippen molar-refractivity contribution in [1.82, 2.24) is 10.6 Å². The van der Waals surface area contributed by atoms with Crippen molar-refractivity contribution in [2.24, 2.45) is 0 Å². The van der Waals surface area contributed by atoms with E-state index in [1.54, 1.807) is 0 Å². The molecule has 2 N–H and O–H groups in total. The molecule has 1 heterocycles. The molecule has 1 aromatic carbocycles. The second-order valence-corrected chi connectivity index (χ2v) is 6.55. The van der Waals surface area contributed by atoms with E-state index in [1.807, 2.05) is 0 Å². The van der Waals surface area contributed by atoms with Gasteiger partial charge in [0.1, 0.15) is 0 Å². The Morgan fingerprint density at radius 3 is 2.79 bits per heavy atom. The van der Waals surface area contributed by atoms with E-state index in [1.165, 1.54) is 42.3 Å². The summed E-state index contributed by atoms with van der Waals surface area (Å²) >= 11 is 3.63. The fraction of sp³-hybridized carbons (Fsp3) is 0.625. The van der Waals surface area contributed by atoms with E-state index in [-0.39, 0.29) is 0 Å². The van der Waals surface area contributed by atoms with Crippen molar-refractivity contribution in [3.05, 3.63) is 34.3 Å². The predicted molar refractivity (Wildman–Crippen MR) is 85.4 cm³/mol. The van der Waals surface area contributed by atoms with E-state index in [0.717, 1.165) is 0 Å². The van der Waals surface area contributed by atoms with E-state index in [4.69, 9.17) is 0 Å². The number of benzene rings is 1. The molecule has 0 amide bonds. The fourth-order valence-corrected chi connectivity index (χ4v) is 3.59. The standard InChI is InChI=1S/C16H25BrN2/c1-12(11-14-7-5-6-10-18-14)19-13(2)15-8-3-4-9-16(15)17/h3-4,8-9,12-14,18-19H,5-7,10-11H2,1-2H3/t12?,13-,14?/m0/s1. The van der Waals surface area contributed by atoms with Crippen LogP contribution in [0.25, 0.3) is 0 Å². The Hall–Kier alpha value is -0.380. The summed E-state index contributed by atoms with van der Waals surface area (Å²) in [7, 11) is 0. The van der Waals surface area contributed by atoms with Crippen LogP contribution in [0.15, 0.2) is 28.7 Å². The van der Waals surface area contributed by atoms with Gasteiger partial charge in [-0.25, -0.2) is 0 Å². The highest BCUT2D eigenvalue weighted by Gasteiger charge is 2.17. The van der Waals surface area contributed by atoms with Gasteiger partial charge in [0, 0.05) is 22.6 Å². The number of piperidine rings is 1. The minimum Gasteiger partial charge on any atom is -0.314 e. The molecule has 0 aromatic heterocycles. The van der Waals surface area contributed by atoms with Gasteiger partial charge in [-0.05, 0) is 51.3 Å². The van der Waals surface area contributed by atoms with Crippen LogP contribution in [0.3, 0.4) is 0 Å². The molecular formula is C16H25BrN2. The second kappa shape index (κ2) is 7.41. The summed E-state index contributed by atoms with van der Waals surface area (Å²) < 4.78 is 1.19. The lowest BCUT2D eigenvalue weighted by Crippen LogP contribution is -2.40. The SMILES string of the molecule is CC(CC1CCCCN1)N[C@@H](C)c1ccccc1Br. The van der Waals surface area contributed by atoms with Crippen LogP contribution in [-0.2, 0) is 0 Å². The zero-order valence-electron chi connectivity index (χ0n) is 12.0. The third-order valence-electron chi connectivity index (χ3n) is 3.96. The smallest absolute Gasteiger partial charge is 0.0305 e. The van der Waals surface area contributed by atoms with Gasteiger partial charge in [-0.2, -0.15) is 0 Å². The number of hydrogen-bond acceptors (Lipinski definition) is 2. The quantitative estimate of drug-likeness (QED) is 0.854. The van der Waals surface area contributed by atoms with Gasteiger partial charge < -0.3 is 10.6 Å². The molecule has 0 saturated carbocycles. The molecule has 1 saturated heterocycles. The monoisotopic (exact) mass is 324 g/mol. The molecule has 2 rings (SSSR count). The molecule has 2 nitrogen and oxygen atoms in total. The van der Waals surface area contributed by atoms with Gasteiger partial charge in [0.15, 0.2) is 0 Å². The van der Waals surface area contributed by atoms with Crippen molar-refractivity contribution in [3.8, 4) is 0 Å². The van der Waals surface area contributed by atoms with E-state index in [2.05, 4.69) is 64.7 Å². The highest BCUT2D eigenvalue weighted by atomic mass is 79.9. The van der Waals surface area contributed by atoms with Crippen molar-refractivity contribution in [3.63, 3.8) is 0 Å². The lowest BCUT2D eigenvalue weighted by atomic mass is 9.98. The van der Waals surface area contributed by atoms with E-state index < -0.39 is 0 Å². The summed E-state index contributed by atoms with van der Waals surface area (Å²) in [6.45, 7) is 5.73. The van der Waals surface area contributed by atoms with Crippen LogP contribution < -0.4 is 10.6 Å². The molecule has 3 atom stereocenters. The number of halogens is 1. The Morgan fingerprint density at radius 1 is 1.32 bits per heavy atom. The van der Waals surface area contributed by atoms with Gasteiger partial charge in [0.05, 0.1) is 0 Å². The molecule has 0 radical (unpaired) electrons. The summed E-state index contributed by atoms with van der Waals surface area (Å²) in [5.74, 6) is 0. The van der Waals surface area contributed by atoms with Gasteiger partial charge in [0.2, 0.25) is 0 Å². The Bertz CT molecular complexity index is 388. The Balaban J connectivity index is 1.84. The van der Waals surface area contributed by atoms with Crippen LogP contribution in [0.5, 0.6) is 0 Å². The summed E-state index contributed by atoms with van der Waals surface area (Å²) in [5, 5.41) is 7.34. The first-order valence-corrected chi connectivity index (χ1v) is 8.20. The van der Waals surface area contributed by atoms with Crippen molar-refractivity contribution in [2.45, 2.75) is 57.7 Å². The number of rotatable bonds is 5. The fourth-order valence-electron chi connectivity index (χ4n) is 2.96. The molecule has 0 aliphatic carbocycles. The minimum atomic E-state index is 0.383. The van der Waals surface area contributed by atoms with Crippen LogP contribution in [0.1, 0.15) is 51.1 Å². The average molecular weight is 325 g/mol. The Labute approximate surface area is 125 Å². The van der Waals surface area contributed by atoms with E-state index in [9.17, 15) is 0 Å². The van der Waals surface area contributed by atoms with Gasteiger partial charge in [-0.1, -0.05) is 40.5 Å². The summed E-state index contributed by atoms with van der Waals surface area (Å²) in [4.78, 5) is 0. The first-order chi connectivity index (χ1) is 9.16. The van der Waals surface area contributed by atoms with Gasteiger partial charge >= 0.3 is 0 Å². The predicted octanol–water partition coefficient (Wildman–Crippen LogP) is 4.02. The maximum atomic E-state index is 3.71. The molecule has 1 fully saturated rings. The Morgan fingerprint density at radius 2 is 2.11 bits per heavy atom. The molecule has 106 valence electrons. The largest absolute Gasteiger partial charge is 0.314 e. The average Bonchev–Trinajstić information content (AvgIpc) is 2.40. The highest BCUT2D eigenvalue weighted by molar-refractivity contribution is 9.10. The number of hydrogen-bond donors (Lipinski definition) is 2. The van der Waals surface area contributed by atoms with Gasteiger partial charge in [-0.15, -0.1) is 0 Å². The molecule has 3 heteroatoms. The summed E-state index contributed by atoms with van der Waals surface area (Å²) in [5.41, 5.74) is 1.34. The van der Waals surface area contributed by atoms with Crippen molar-refractivity contribution in [2.75, 3.05) is 6.54 Å². The van der Waals surface area contributed by atoms with Crippen LogP contribution in [-0.4, -0.2) is 18.6 Å². The Kier molecular flexibility index (Phi) is 5.86. The summed E-state index contributed by atoms with van der Waals surface area (Å²) in [6.07, 6.45) is 5.26. The first-order valence-electron chi connectivity index (χ1n) is 7.40. The van der Waals surface area contributed by atoms with Gasteiger partial charge in [-0.3, -0.25) is 0 Å². The minimum absolute atomic E-state index is 0.383. The van der Waals surface area contributed by atoms with Crippen LogP contribution in [0, 0.1) is 0 Å². The van der Waals surface area contributed by atoms with Crippen molar-refractivity contribution >= 4 is 15.9 Å². The molecular weight excluding hydrogens is 300 g/mol. The first kappa shape index (κ1) is 15.0. The molecule has 19 heavy (non-hydrogen) atoms. The maximum absolute atomic E-state index is 3.71. The zero-order chi connectivity index (χ0) is 13.7. The topological polar surface area (TPSA) is 24.1 Å². The third-order valence-corrected chi connectivity index (χ3v) is 4.68.